The van der Waals surface area contributed by atoms with E-state index in [4.69, 9.17) is 20.9 Å². The molecule has 2 aliphatic heterocycles. The Bertz CT molecular complexity index is 1020. The second kappa shape index (κ2) is 7.34. The van der Waals surface area contributed by atoms with Crippen LogP contribution in [0, 0.1) is 0 Å². The van der Waals surface area contributed by atoms with E-state index in [0.717, 1.165) is 12.8 Å². The number of amides is 1. The third-order valence-corrected chi connectivity index (χ3v) is 7.11. The fourth-order valence-corrected chi connectivity index (χ4v) is 5.31. The summed E-state index contributed by atoms with van der Waals surface area (Å²) in [7, 11) is -3.71. The van der Waals surface area contributed by atoms with Gasteiger partial charge in [-0.05, 0) is 18.9 Å². The van der Waals surface area contributed by atoms with Crippen molar-refractivity contribution in [2.75, 3.05) is 24.6 Å². The fourth-order valence-electron chi connectivity index (χ4n) is 3.28. The molecule has 0 unspecified atom stereocenters. The normalized spacial score (nSPS) is 17.6. The lowest BCUT2D eigenvalue weighted by Crippen LogP contribution is -2.38. The Morgan fingerprint density at radius 1 is 1.25 bits per heavy atom. The van der Waals surface area contributed by atoms with Gasteiger partial charge >= 0.3 is 0 Å². The van der Waals surface area contributed by atoms with E-state index in [2.05, 4.69) is 10.1 Å². The van der Waals surface area contributed by atoms with Gasteiger partial charge in [-0.1, -0.05) is 23.7 Å². The van der Waals surface area contributed by atoms with Crippen LogP contribution in [0.15, 0.2) is 21.6 Å². The summed E-state index contributed by atoms with van der Waals surface area (Å²) in [6.45, 7) is 2.69. The highest BCUT2D eigenvalue weighted by molar-refractivity contribution is 7.89. The van der Waals surface area contributed by atoms with Crippen LogP contribution in [0.1, 0.15) is 31.5 Å². The summed E-state index contributed by atoms with van der Waals surface area (Å²) in [5.74, 6) is 0.798. The Labute approximate surface area is 167 Å². The third-order valence-electron chi connectivity index (χ3n) is 4.75. The van der Waals surface area contributed by atoms with Crippen molar-refractivity contribution in [1.82, 2.24) is 14.4 Å². The van der Waals surface area contributed by atoms with Crippen molar-refractivity contribution in [3.8, 4) is 5.75 Å². The van der Waals surface area contributed by atoms with Gasteiger partial charge in [0.05, 0.1) is 17.3 Å². The highest BCUT2D eigenvalue weighted by atomic mass is 35.5. The van der Waals surface area contributed by atoms with Crippen LogP contribution in [0.4, 0.5) is 5.69 Å². The number of hydrogen-bond acceptors (Lipinski definition) is 7. The van der Waals surface area contributed by atoms with Crippen LogP contribution in [0.5, 0.6) is 5.75 Å². The smallest absolute Gasteiger partial charge is 0.265 e. The van der Waals surface area contributed by atoms with Crippen LogP contribution >= 0.6 is 11.6 Å². The van der Waals surface area contributed by atoms with Crippen molar-refractivity contribution in [3.05, 3.63) is 28.9 Å². The van der Waals surface area contributed by atoms with Crippen molar-refractivity contribution in [1.29, 1.82) is 0 Å². The Balaban J connectivity index is 1.69. The molecule has 1 aromatic heterocycles. The van der Waals surface area contributed by atoms with Crippen molar-refractivity contribution in [2.24, 2.45) is 0 Å². The molecule has 9 nitrogen and oxygen atoms in total. The van der Waals surface area contributed by atoms with E-state index in [1.807, 2.05) is 6.92 Å². The number of benzene rings is 1. The number of ether oxygens (including phenoxy) is 1. The minimum Gasteiger partial charge on any atom is -0.482 e. The molecule has 0 saturated carbocycles. The number of aromatic nitrogens is 2. The molecular formula is C17H19ClN4O5S. The molecule has 1 aromatic carbocycles. The molecule has 0 N–H and O–H groups in total. The fraction of sp³-hybridized carbons (Fsp3) is 0.471. The highest BCUT2D eigenvalue weighted by Gasteiger charge is 2.33. The minimum absolute atomic E-state index is 0.0167. The van der Waals surface area contributed by atoms with Gasteiger partial charge in [-0.15, -0.1) is 0 Å². The third kappa shape index (κ3) is 3.36. The van der Waals surface area contributed by atoms with Crippen LogP contribution in [0.25, 0.3) is 0 Å². The van der Waals surface area contributed by atoms with Crippen LogP contribution in [-0.4, -0.2) is 48.5 Å². The Kier molecular flexibility index (Phi) is 5.02. The number of fused-ring (bicyclic) bond motifs is 1. The highest BCUT2D eigenvalue weighted by Crippen LogP contribution is 2.40. The molecule has 2 aliphatic rings. The summed E-state index contributed by atoms with van der Waals surface area (Å²) in [6.07, 6.45) is 2.24. The van der Waals surface area contributed by atoms with Crippen molar-refractivity contribution >= 4 is 33.2 Å². The zero-order valence-corrected chi connectivity index (χ0v) is 16.8. The maximum absolute atomic E-state index is 12.9. The van der Waals surface area contributed by atoms with Gasteiger partial charge in [-0.25, -0.2) is 8.42 Å². The van der Waals surface area contributed by atoms with Gasteiger partial charge in [0.2, 0.25) is 15.9 Å². The van der Waals surface area contributed by atoms with Gasteiger partial charge in [0.15, 0.2) is 12.4 Å². The molecule has 1 saturated heterocycles. The van der Waals surface area contributed by atoms with E-state index in [1.54, 1.807) is 0 Å². The molecule has 0 atom stereocenters. The van der Waals surface area contributed by atoms with Gasteiger partial charge in [0.25, 0.3) is 5.91 Å². The first-order chi connectivity index (χ1) is 13.4. The predicted molar refractivity (Wildman–Crippen MR) is 99.8 cm³/mol. The van der Waals surface area contributed by atoms with E-state index in [-0.39, 0.29) is 34.7 Å². The summed E-state index contributed by atoms with van der Waals surface area (Å²) < 4.78 is 37.8. The van der Waals surface area contributed by atoms with Crippen LogP contribution in [-0.2, 0) is 27.8 Å². The van der Waals surface area contributed by atoms with Crippen molar-refractivity contribution < 1.29 is 22.5 Å². The van der Waals surface area contributed by atoms with Crippen LogP contribution in [0.2, 0.25) is 5.02 Å². The predicted octanol–water partition coefficient (Wildman–Crippen LogP) is 2.00. The summed E-state index contributed by atoms with van der Waals surface area (Å²) in [5, 5.41) is 3.90. The topological polar surface area (TPSA) is 106 Å². The quantitative estimate of drug-likeness (QED) is 0.719. The lowest BCUT2D eigenvalue weighted by atomic mass is 10.2. The second-order valence-electron chi connectivity index (χ2n) is 6.59. The van der Waals surface area contributed by atoms with E-state index in [0.29, 0.717) is 36.9 Å². The summed E-state index contributed by atoms with van der Waals surface area (Å²) >= 11 is 6.32. The molecule has 0 bridgehead atoms. The molecule has 2 aromatic rings. The number of nitrogens with zero attached hydrogens (tertiary/aromatic N) is 4. The second-order valence-corrected chi connectivity index (χ2v) is 8.90. The summed E-state index contributed by atoms with van der Waals surface area (Å²) in [5.41, 5.74) is 0.379. The Morgan fingerprint density at radius 3 is 2.68 bits per heavy atom. The number of anilines is 1. The van der Waals surface area contributed by atoms with Crippen LogP contribution in [0.3, 0.4) is 0 Å². The van der Waals surface area contributed by atoms with E-state index >= 15 is 0 Å². The van der Waals surface area contributed by atoms with Crippen molar-refractivity contribution in [2.45, 2.75) is 37.6 Å². The summed E-state index contributed by atoms with van der Waals surface area (Å²) in [4.78, 5) is 18.0. The molecule has 1 amide bonds. The standard InChI is InChI=1S/C17H19ClN4O5S/c1-2-16-19-15(20-27-16)9-22-12-7-11(18)14(8-13(12)26-10-17(22)23)28(24,25)21-5-3-4-6-21/h7-8H,2-6,9-10H2,1H3. The van der Waals surface area contributed by atoms with Crippen LogP contribution < -0.4 is 9.64 Å². The largest absolute Gasteiger partial charge is 0.482 e. The van der Waals surface area contributed by atoms with Gasteiger partial charge in [-0.2, -0.15) is 9.29 Å². The van der Waals surface area contributed by atoms with E-state index < -0.39 is 10.0 Å². The number of sulfonamides is 1. The lowest BCUT2D eigenvalue weighted by molar-refractivity contribution is -0.121. The average molecular weight is 427 g/mol. The van der Waals surface area contributed by atoms with Gasteiger partial charge < -0.3 is 9.26 Å². The molecule has 0 aliphatic carbocycles. The SMILES string of the molecule is CCc1nc(CN2C(=O)COc3cc(S(=O)(=O)N4CCCC4)c(Cl)cc32)no1. The number of carbonyl (C=O) groups is 1. The first-order valence-corrected chi connectivity index (χ1v) is 10.8. The van der Waals surface area contributed by atoms with Gasteiger partial charge in [0, 0.05) is 25.6 Å². The van der Waals surface area contributed by atoms with Crippen molar-refractivity contribution in [3.63, 3.8) is 0 Å². The summed E-state index contributed by atoms with van der Waals surface area (Å²) in [6, 6.07) is 2.83. The number of aryl methyl sites for hydroxylation is 1. The monoisotopic (exact) mass is 426 g/mol. The lowest BCUT2D eigenvalue weighted by Gasteiger charge is -2.29. The molecule has 28 heavy (non-hydrogen) atoms. The molecule has 0 radical (unpaired) electrons. The minimum atomic E-state index is -3.71. The molecule has 3 heterocycles. The van der Waals surface area contributed by atoms with E-state index in [9.17, 15) is 13.2 Å². The number of halogens is 1. The molecular weight excluding hydrogens is 408 g/mol. The molecule has 11 heteroatoms. The average Bonchev–Trinajstić information content (AvgIpc) is 3.36. The maximum Gasteiger partial charge on any atom is 0.265 e. The van der Waals surface area contributed by atoms with E-state index in [1.165, 1.54) is 21.3 Å². The molecule has 4 rings (SSSR count). The molecule has 1 fully saturated rings. The zero-order chi connectivity index (χ0) is 19.9. The Hall–Kier alpha value is -2.17. The molecule has 0 spiro atoms. The number of rotatable bonds is 5. The molecule has 150 valence electrons. The zero-order valence-electron chi connectivity index (χ0n) is 15.2. The Morgan fingerprint density at radius 2 is 2.00 bits per heavy atom. The number of hydrogen-bond donors (Lipinski definition) is 0. The number of carbonyl (C=O) groups excluding carboxylic acids is 1. The first-order valence-electron chi connectivity index (χ1n) is 8.98. The maximum atomic E-state index is 12.9. The van der Waals surface area contributed by atoms with Gasteiger partial charge in [0.1, 0.15) is 10.6 Å². The first kappa shape index (κ1) is 19.2. The van der Waals surface area contributed by atoms with Gasteiger partial charge in [-0.3, -0.25) is 9.69 Å².